The molecule has 1 amide bonds. The minimum atomic E-state index is -0.441. The van der Waals surface area contributed by atoms with Gasteiger partial charge in [-0.25, -0.2) is 4.79 Å². The summed E-state index contributed by atoms with van der Waals surface area (Å²) >= 11 is 1.53. The van der Waals surface area contributed by atoms with Crippen molar-refractivity contribution in [3.63, 3.8) is 0 Å². The molecule has 0 N–H and O–H groups in total. The number of aromatic nitrogens is 1. The zero-order chi connectivity index (χ0) is 19.6. The van der Waals surface area contributed by atoms with E-state index in [1.165, 1.54) is 18.4 Å². The van der Waals surface area contributed by atoms with Gasteiger partial charge >= 0.3 is 5.97 Å². The summed E-state index contributed by atoms with van der Waals surface area (Å²) in [6.07, 6.45) is 0. The highest BCUT2D eigenvalue weighted by atomic mass is 32.1. The molecule has 0 atom stereocenters. The molecular weight excluding hydrogens is 362 g/mol. The molecule has 0 aliphatic rings. The number of benzene rings is 1. The van der Waals surface area contributed by atoms with E-state index >= 15 is 0 Å². The molecule has 142 valence electrons. The normalized spacial score (nSPS) is 10.8. The third-order valence-electron chi connectivity index (χ3n) is 4.49. The molecule has 3 rings (SSSR count). The quantitative estimate of drug-likeness (QED) is 0.608. The van der Waals surface area contributed by atoms with Gasteiger partial charge in [0.25, 0.3) is 0 Å². The Hall–Kier alpha value is -2.80. The van der Waals surface area contributed by atoms with E-state index in [2.05, 4.69) is 0 Å². The van der Waals surface area contributed by atoms with E-state index in [0.717, 1.165) is 21.6 Å². The summed E-state index contributed by atoms with van der Waals surface area (Å²) in [7, 11) is 5.28. The fourth-order valence-corrected chi connectivity index (χ4v) is 3.91. The van der Waals surface area contributed by atoms with Gasteiger partial charge < -0.3 is 19.1 Å². The summed E-state index contributed by atoms with van der Waals surface area (Å²) in [5.41, 5.74) is 3.12. The molecule has 7 heteroatoms. The van der Waals surface area contributed by atoms with Gasteiger partial charge in [-0.15, -0.1) is 11.3 Å². The van der Waals surface area contributed by atoms with Crippen molar-refractivity contribution in [1.29, 1.82) is 0 Å². The molecule has 0 fully saturated rings. The van der Waals surface area contributed by atoms with E-state index in [-0.39, 0.29) is 12.5 Å². The maximum absolute atomic E-state index is 13.1. The van der Waals surface area contributed by atoms with Crippen LogP contribution in [0, 0.1) is 0 Å². The zero-order valence-electron chi connectivity index (χ0n) is 15.9. The minimum absolute atomic E-state index is 0.0741. The lowest BCUT2D eigenvalue weighted by atomic mass is 10.2. The number of likely N-dealkylation sites (N-methyl/N-ethyl adjacent to an activating group) is 1. The minimum Gasteiger partial charge on any atom is -0.464 e. The molecule has 0 radical (unpaired) electrons. The summed E-state index contributed by atoms with van der Waals surface area (Å²) < 4.78 is 7.58. The number of esters is 1. The average Bonchev–Trinajstić information content (AvgIpc) is 3.24. The SMILES string of the molecule is CCN(C(=O)Cn1c(C(=O)OC)cc2sccc21)c1cccc(N(C)C)c1. The molecule has 0 aliphatic carbocycles. The molecule has 1 aromatic carbocycles. The molecule has 3 aromatic rings. The molecular formula is C20H23N3O3S. The Bertz CT molecular complexity index is 974. The monoisotopic (exact) mass is 385 g/mol. The molecule has 0 saturated heterocycles. The highest BCUT2D eigenvalue weighted by molar-refractivity contribution is 7.17. The van der Waals surface area contributed by atoms with Crippen LogP contribution in [0.2, 0.25) is 0 Å². The number of fused-ring (bicyclic) bond motifs is 1. The molecule has 2 heterocycles. The number of anilines is 2. The van der Waals surface area contributed by atoms with E-state index in [9.17, 15) is 9.59 Å². The highest BCUT2D eigenvalue weighted by Crippen LogP contribution is 2.27. The van der Waals surface area contributed by atoms with Crippen molar-refractivity contribution >= 4 is 44.8 Å². The lowest BCUT2D eigenvalue weighted by Crippen LogP contribution is -2.34. The first kappa shape index (κ1) is 19.0. The van der Waals surface area contributed by atoms with Gasteiger partial charge in [0.15, 0.2) is 0 Å². The van der Waals surface area contributed by atoms with Crippen LogP contribution in [-0.2, 0) is 16.1 Å². The number of amides is 1. The molecule has 27 heavy (non-hydrogen) atoms. The number of ether oxygens (including phenoxy) is 1. The van der Waals surface area contributed by atoms with Gasteiger partial charge in [-0.3, -0.25) is 4.79 Å². The molecule has 0 unspecified atom stereocenters. The molecule has 0 spiro atoms. The molecule has 2 aromatic heterocycles. The number of rotatable bonds is 6. The number of hydrogen-bond acceptors (Lipinski definition) is 5. The topological polar surface area (TPSA) is 54.8 Å². The van der Waals surface area contributed by atoms with Crippen molar-refractivity contribution in [3.8, 4) is 0 Å². The fraction of sp³-hybridized carbons (Fsp3) is 0.300. The number of thiophene rings is 1. The van der Waals surface area contributed by atoms with Gasteiger partial charge in [0.2, 0.25) is 5.91 Å². The Morgan fingerprint density at radius 1 is 1.15 bits per heavy atom. The van der Waals surface area contributed by atoms with Crippen LogP contribution in [0.5, 0.6) is 0 Å². The van der Waals surface area contributed by atoms with Gasteiger partial charge in [0, 0.05) is 32.0 Å². The van der Waals surface area contributed by atoms with Crippen molar-refractivity contribution in [3.05, 3.63) is 47.5 Å². The smallest absolute Gasteiger partial charge is 0.354 e. The largest absolute Gasteiger partial charge is 0.464 e. The van der Waals surface area contributed by atoms with Crippen molar-refractivity contribution in [2.45, 2.75) is 13.5 Å². The van der Waals surface area contributed by atoms with Gasteiger partial charge in [0.1, 0.15) is 12.2 Å². The van der Waals surface area contributed by atoms with Gasteiger partial charge in [-0.05, 0) is 42.6 Å². The molecule has 6 nitrogen and oxygen atoms in total. The summed E-state index contributed by atoms with van der Waals surface area (Å²) in [4.78, 5) is 29.0. The Balaban J connectivity index is 1.94. The van der Waals surface area contributed by atoms with Crippen LogP contribution in [-0.4, -0.2) is 44.2 Å². The third-order valence-corrected chi connectivity index (χ3v) is 5.34. The number of methoxy groups -OCH3 is 1. The van der Waals surface area contributed by atoms with Crippen molar-refractivity contribution in [1.82, 2.24) is 4.57 Å². The van der Waals surface area contributed by atoms with Crippen molar-refractivity contribution in [2.75, 3.05) is 37.5 Å². The van der Waals surface area contributed by atoms with Gasteiger partial charge in [0.05, 0.1) is 17.3 Å². The second-order valence-electron chi connectivity index (χ2n) is 6.33. The Kier molecular flexibility index (Phi) is 5.51. The second kappa shape index (κ2) is 7.84. The standard InChI is InChI=1S/C20H23N3O3S/c1-5-22(15-8-6-7-14(11-15)21(2)3)19(24)13-23-16-9-10-27-18(16)12-17(23)20(25)26-4/h6-12H,5,13H2,1-4H3. The molecule has 0 bridgehead atoms. The first-order chi connectivity index (χ1) is 13.0. The second-order valence-corrected chi connectivity index (χ2v) is 7.28. The summed E-state index contributed by atoms with van der Waals surface area (Å²) in [5, 5.41) is 1.95. The Labute approximate surface area is 162 Å². The first-order valence-electron chi connectivity index (χ1n) is 8.69. The summed E-state index contributed by atoms with van der Waals surface area (Å²) in [5.74, 6) is -0.522. The van der Waals surface area contributed by atoms with E-state index < -0.39 is 5.97 Å². The fourth-order valence-electron chi connectivity index (χ4n) is 3.08. The Morgan fingerprint density at radius 2 is 1.89 bits per heavy atom. The van der Waals surface area contributed by atoms with Crippen LogP contribution >= 0.6 is 11.3 Å². The summed E-state index contributed by atoms with van der Waals surface area (Å²) in [6, 6.07) is 11.5. The lowest BCUT2D eigenvalue weighted by molar-refractivity contribution is -0.119. The number of carbonyl (C=O) groups excluding carboxylic acids is 2. The maximum atomic E-state index is 13.1. The predicted molar refractivity (Wildman–Crippen MR) is 110 cm³/mol. The molecule has 0 saturated carbocycles. The maximum Gasteiger partial charge on any atom is 0.354 e. The van der Waals surface area contributed by atoms with Crippen LogP contribution in [0.1, 0.15) is 17.4 Å². The van der Waals surface area contributed by atoms with Crippen LogP contribution < -0.4 is 9.80 Å². The van der Waals surface area contributed by atoms with Crippen molar-refractivity contribution in [2.24, 2.45) is 0 Å². The molecule has 0 aliphatic heterocycles. The van der Waals surface area contributed by atoms with E-state index in [0.29, 0.717) is 12.2 Å². The van der Waals surface area contributed by atoms with Gasteiger partial charge in [-0.2, -0.15) is 0 Å². The van der Waals surface area contributed by atoms with Crippen molar-refractivity contribution < 1.29 is 14.3 Å². The zero-order valence-corrected chi connectivity index (χ0v) is 16.7. The van der Waals surface area contributed by atoms with Crippen LogP contribution in [0.3, 0.4) is 0 Å². The van der Waals surface area contributed by atoms with E-state index in [1.54, 1.807) is 15.5 Å². The third kappa shape index (κ3) is 3.68. The van der Waals surface area contributed by atoms with Crippen LogP contribution in [0.15, 0.2) is 41.8 Å². The highest BCUT2D eigenvalue weighted by Gasteiger charge is 2.22. The average molecular weight is 385 g/mol. The first-order valence-corrected chi connectivity index (χ1v) is 9.57. The van der Waals surface area contributed by atoms with Crippen LogP contribution in [0.4, 0.5) is 11.4 Å². The number of carbonyl (C=O) groups is 2. The van der Waals surface area contributed by atoms with Crippen LogP contribution in [0.25, 0.3) is 10.2 Å². The van der Waals surface area contributed by atoms with E-state index in [1.807, 2.05) is 61.6 Å². The Morgan fingerprint density at radius 3 is 2.56 bits per heavy atom. The van der Waals surface area contributed by atoms with E-state index in [4.69, 9.17) is 4.74 Å². The summed E-state index contributed by atoms with van der Waals surface area (Å²) in [6.45, 7) is 2.55. The lowest BCUT2D eigenvalue weighted by Gasteiger charge is -2.24. The van der Waals surface area contributed by atoms with Gasteiger partial charge in [-0.1, -0.05) is 6.07 Å². The number of hydrogen-bond donors (Lipinski definition) is 0. The number of nitrogens with zero attached hydrogens (tertiary/aromatic N) is 3. The predicted octanol–water partition coefficient (Wildman–Crippen LogP) is 3.61.